The number of amides is 2. The number of carbonyl (C=O) groups excluding carboxylic acids is 1. The Hall–Kier alpha value is -3.15. The highest BCUT2D eigenvalue weighted by molar-refractivity contribution is 5.89. The van der Waals surface area contributed by atoms with E-state index >= 15 is 0 Å². The number of carbonyl (C=O) groups is 1. The Morgan fingerprint density at radius 3 is 2.60 bits per heavy atom. The molecule has 1 aliphatic rings. The molecular weight excluding hydrogens is 320 g/mol. The Kier molecular flexibility index (Phi) is 4.79. The van der Waals surface area contributed by atoms with Crippen molar-refractivity contribution in [2.24, 2.45) is 0 Å². The van der Waals surface area contributed by atoms with Gasteiger partial charge in [0.1, 0.15) is 24.8 Å². The Balaban J connectivity index is 1.66. The van der Waals surface area contributed by atoms with Crippen LogP contribution < -0.4 is 15.4 Å². The summed E-state index contributed by atoms with van der Waals surface area (Å²) in [5, 5.41) is 5.55. The third-order valence-electron chi connectivity index (χ3n) is 3.84. The molecule has 2 aromatic rings. The molecule has 0 aromatic heterocycles. The van der Waals surface area contributed by atoms with Crippen LogP contribution in [-0.2, 0) is 15.3 Å². The summed E-state index contributed by atoms with van der Waals surface area (Å²) < 4.78 is 16.4. The molecule has 0 saturated heterocycles. The van der Waals surface area contributed by atoms with Gasteiger partial charge in [0.2, 0.25) is 0 Å². The second-order valence-electron chi connectivity index (χ2n) is 5.67. The van der Waals surface area contributed by atoms with E-state index in [1.165, 1.54) is 12.5 Å². The lowest BCUT2D eigenvalue weighted by Crippen LogP contribution is -2.43. The van der Waals surface area contributed by atoms with E-state index in [4.69, 9.17) is 14.2 Å². The van der Waals surface area contributed by atoms with Gasteiger partial charge in [-0.1, -0.05) is 29.8 Å². The SMILES string of the molecule is COc1cccc(NC(=O)NCC2(c3cccc(C)c3)OC=CO2)c1. The maximum Gasteiger partial charge on any atom is 0.319 e. The number of anilines is 1. The lowest BCUT2D eigenvalue weighted by molar-refractivity contribution is -0.144. The van der Waals surface area contributed by atoms with Gasteiger partial charge in [-0.05, 0) is 25.1 Å². The van der Waals surface area contributed by atoms with Gasteiger partial charge in [0.25, 0.3) is 5.79 Å². The van der Waals surface area contributed by atoms with Crippen LogP contribution in [0.25, 0.3) is 0 Å². The number of hydrogen-bond donors (Lipinski definition) is 2. The van der Waals surface area contributed by atoms with Gasteiger partial charge < -0.3 is 24.8 Å². The fourth-order valence-electron chi connectivity index (χ4n) is 2.58. The van der Waals surface area contributed by atoms with Crippen molar-refractivity contribution in [2.45, 2.75) is 12.7 Å². The van der Waals surface area contributed by atoms with E-state index in [0.717, 1.165) is 11.1 Å². The molecule has 0 saturated carbocycles. The molecule has 6 heteroatoms. The average molecular weight is 340 g/mol. The van der Waals surface area contributed by atoms with Crippen LogP contribution in [0.1, 0.15) is 11.1 Å². The summed E-state index contributed by atoms with van der Waals surface area (Å²) in [6, 6.07) is 14.5. The van der Waals surface area contributed by atoms with Crippen molar-refractivity contribution >= 4 is 11.7 Å². The number of aryl methyl sites for hydroxylation is 1. The Morgan fingerprint density at radius 1 is 1.12 bits per heavy atom. The van der Waals surface area contributed by atoms with Crippen LogP contribution in [0.5, 0.6) is 5.75 Å². The second kappa shape index (κ2) is 7.17. The van der Waals surface area contributed by atoms with Gasteiger partial charge in [0.05, 0.1) is 7.11 Å². The molecule has 2 aromatic carbocycles. The first-order valence-electron chi connectivity index (χ1n) is 7.88. The first kappa shape index (κ1) is 16.7. The van der Waals surface area contributed by atoms with Crippen LogP contribution in [-0.4, -0.2) is 19.7 Å². The van der Waals surface area contributed by atoms with Gasteiger partial charge in [-0.25, -0.2) is 4.79 Å². The molecule has 0 bridgehead atoms. The predicted octanol–water partition coefficient (Wildman–Crippen LogP) is 3.50. The van der Waals surface area contributed by atoms with Crippen molar-refractivity contribution in [3.63, 3.8) is 0 Å². The molecule has 3 rings (SSSR count). The second-order valence-corrected chi connectivity index (χ2v) is 5.67. The van der Waals surface area contributed by atoms with Crippen LogP contribution in [0.15, 0.2) is 61.1 Å². The Labute approximate surface area is 146 Å². The molecule has 0 atom stereocenters. The van der Waals surface area contributed by atoms with Gasteiger partial charge in [-0.2, -0.15) is 0 Å². The molecule has 1 aliphatic heterocycles. The normalized spacial score (nSPS) is 14.3. The number of urea groups is 1. The molecule has 0 radical (unpaired) electrons. The van der Waals surface area contributed by atoms with Crippen molar-refractivity contribution in [2.75, 3.05) is 19.0 Å². The monoisotopic (exact) mass is 340 g/mol. The fourth-order valence-corrected chi connectivity index (χ4v) is 2.58. The van der Waals surface area contributed by atoms with E-state index in [0.29, 0.717) is 11.4 Å². The third-order valence-corrected chi connectivity index (χ3v) is 3.84. The first-order valence-corrected chi connectivity index (χ1v) is 7.88. The van der Waals surface area contributed by atoms with Gasteiger partial charge in [0.15, 0.2) is 0 Å². The minimum atomic E-state index is -1.06. The van der Waals surface area contributed by atoms with Crippen molar-refractivity contribution in [3.8, 4) is 5.75 Å². The van der Waals surface area contributed by atoms with Crippen LogP contribution >= 0.6 is 0 Å². The quantitative estimate of drug-likeness (QED) is 0.874. The summed E-state index contributed by atoms with van der Waals surface area (Å²) in [5.74, 6) is -0.390. The molecule has 0 fully saturated rings. The highest BCUT2D eigenvalue weighted by atomic mass is 16.7. The minimum Gasteiger partial charge on any atom is -0.497 e. The number of nitrogens with one attached hydrogen (secondary N) is 2. The molecule has 0 aliphatic carbocycles. The third kappa shape index (κ3) is 3.85. The summed E-state index contributed by atoms with van der Waals surface area (Å²) >= 11 is 0. The summed E-state index contributed by atoms with van der Waals surface area (Å²) in [5.41, 5.74) is 2.55. The van der Waals surface area contributed by atoms with E-state index in [9.17, 15) is 4.79 Å². The molecule has 6 nitrogen and oxygen atoms in total. The molecule has 25 heavy (non-hydrogen) atoms. The highest BCUT2D eigenvalue weighted by Gasteiger charge is 2.38. The Bertz CT molecular complexity index is 780. The number of methoxy groups -OCH3 is 1. The highest BCUT2D eigenvalue weighted by Crippen LogP contribution is 2.32. The topological polar surface area (TPSA) is 68.8 Å². The average Bonchev–Trinajstić information content (AvgIpc) is 3.10. The zero-order chi connectivity index (χ0) is 17.7. The first-order chi connectivity index (χ1) is 12.1. The van der Waals surface area contributed by atoms with Crippen molar-refractivity contribution in [1.82, 2.24) is 5.32 Å². The molecule has 1 heterocycles. The lowest BCUT2D eigenvalue weighted by atomic mass is 10.0. The predicted molar refractivity (Wildman–Crippen MR) is 94.2 cm³/mol. The molecule has 0 spiro atoms. The van der Waals surface area contributed by atoms with E-state index < -0.39 is 5.79 Å². The van der Waals surface area contributed by atoms with Crippen molar-refractivity contribution in [1.29, 1.82) is 0 Å². The largest absolute Gasteiger partial charge is 0.497 e. The lowest BCUT2D eigenvalue weighted by Gasteiger charge is -2.28. The van der Waals surface area contributed by atoms with Crippen LogP contribution in [0.4, 0.5) is 10.5 Å². The number of rotatable bonds is 5. The number of hydrogen-bond acceptors (Lipinski definition) is 4. The zero-order valence-electron chi connectivity index (χ0n) is 14.1. The molecular formula is C19H20N2O4. The van der Waals surface area contributed by atoms with Crippen LogP contribution in [0.2, 0.25) is 0 Å². The maximum atomic E-state index is 12.2. The van der Waals surface area contributed by atoms with Gasteiger partial charge in [0, 0.05) is 17.3 Å². The fraction of sp³-hybridized carbons (Fsp3) is 0.211. The molecule has 2 N–H and O–H groups in total. The van der Waals surface area contributed by atoms with Crippen molar-refractivity contribution < 1.29 is 19.0 Å². The van der Waals surface area contributed by atoms with Gasteiger partial charge >= 0.3 is 6.03 Å². The van der Waals surface area contributed by atoms with Gasteiger partial charge in [-0.15, -0.1) is 0 Å². The van der Waals surface area contributed by atoms with Crippen LogP contribution in [0, 0.1) is 6.92 Å². The number of ether oxygens (including phenoxy) is 3. The van der Waals surface area contributed by atoms with E-state index in [1.54, 1.807) is 25.3 Å². The molecule has 130 valence electrons. The maximum absolute atomic E-state index is 12.2. The van der Waals surface area contributed by atoms with Crippen LogP contribution in [0.3, 0.4) is 0 Å². The zero-order valence-corrected chi connectivity index (χ0v) is 14.1. The summed E-state index contributed by atoms with van der Waals surface area (Å²) in [7, 11) is 1.58. The summed E-state index contributed by atoms with van der Waals surface area (Å²) in [6.45, 7) is 2.14. The van der Waals surface area contributed by atoms with Crippen molar-refractivity contribution in [3.05, 3.63) is 72.2 Å². The molecule has 0 unspecified atom stereocenters. The summed E-state index contributed by atoms with van der Waals surface area (Å²) in [4.78, 5) is 12.2. The Morgan fingerprint density at radius 2 is 1.88 bits per heavy atom. The molecule has 2 amide bonds. The summed E-state index contributed by atoms with van der Waals surface area (Å²) in [6.07, 6.45) is 2.95. The smallest absolute Gasteiger partial charge is 0.319 e. The standard InChI is InChI=1S/C19H20N2O4/c1-14-5-3-6-15(11-14)19(24-9-10-25-19)13-20-18(22)21-16-7-4-8-17(12-16)23-2/h3-12H,13H2,1-2H3,(H2,20,21,22). The van der Waals surface area contributed by atoms with E-state index in [-0.39, 0.29) is 12.6 Å². The van der Waals surface area contributed by atoms with E-state index in [1.807, 2.05) is 37.3 Å². The van der Waals surface area contributed by atoms with Gasteiger partial charge in [-0.3, -0.25) is 0 Å². The number of benzene rings is 2. The minimum absolute atomic E-state index is 0.152. The van der Waals surface area contributed by atoms with E-state index in [2.05, 4.69) is 10.6 Å².